The van der Waals surface area contributed by atoms with Gasteiger partial charge in [-0.2, -0.15) is 0 Å². The van der Waals surface area contributed by atoms with Crippen molar-refractivity contribution in [3.05, 3.63) is 52.4 Å². The molecule has 1 N–H and O–H groups in total. The lowest BCUT2D eigenvalue weighted by molar-refractivity contribution is 0.171. The predicted octanol–water partition coefficient (Wildman–Crippen LogP) is 3.08. The molecule has 1 aliphatic rings. The van der Waals surface area contributed by atoms with E-state index in [4.69, 9.17) is 13.9 Å². The van der Waals surface area contributed by atoms with E-state index in [2.05, 4.69) is 0 Å². The third-order valence-corrected chi connectivity index (χ3v) is 3.63. The Kier molecular flexibility index (Phi) is 2.97. The van der Waals surface area contributed by atoms with Crippen LogP contribution >= 0.6 is 0 Å². The highest BCUT2D eigenvalue weighted by Gasteiger charge is 2.19. The first-order valence-corrected chi connectivity index (χ1v) is 6.99. The van der Waals surface area contributed by atoms with E-state index < -0.39 is 17.0 Å². The van der Waals surface area contributed by atoms with Crippen molar-refractivity contribution in [3.8, 4) is 28.6 Å². The maximum absolute atomic E-state index is 13.3. The molecule has 0 saturated carbocycles. The highest BCUT2D eigenvalue weighted by molar-refractivity contribution is 5.82. The van der Waals surface area contributed by atoms with Crippen LogP contribution in [0.3, 0.4) is 0 Å². The first-order chi connectivity index (χ1) is 11.1. The molecule has 0 spiro atoms. The summed E-state index contributed by atoms with van der Waals surface area (Å²) in [6.45, 7) is 0.887. The summed E-state index contributed by atoms with van der Waals surface area (Å²) >= 11 is 0. The number of rotatable bonds is 1. The fourth-order valence-corrected chi connectivity index (χ4v) is 2.54. The Hall–Kier alpha value is -3.02. The molecule has 0 radical (unpaired) electrons. The number of ether oxygens (including phenoxy) is 2. The number of hydrogen-bond donors (Lipinski definition) is 1. The summed E-state index contributed by atoms with van der Waals surface area (Å²) in [5.74, 6) is -0.0400. The largest absolute Gasteiger partial charge is 0.502 e. The van der Waals surface area contributed by atoms with Crippen LogP contribution in [-0.2, 0) is 0 Å². The lowest BCUT2D eigenvalue weighted by atomic mass is 10.1. The van der Waals surface area contributed by atoms with Gasteiger partial charge in [0.25, 0.3) is 0 Å². The van der Waals surface area contributed by atoms with Gasteiger partial charge in [-0.05, 0) is 36.4 Å². The monoisotopic (exact) mass is 314 g/mol. The molecule has 0 unspecified atom stereocenters. The Morgan fingerprint density at radius 1 is 1.00 bits per heavy atom. The van der Waals surface area contributed by atoms with Crippen LogP contribution in [0.1, 0.15) is 0 Å². The SMILES string of the molecule is O=c1c(O)c(-c2ccc3c(c2)OCCO3)oc2ccc(F)cc12. The Labute approximate surface area is 129 Å². The molecule has 0 aliphatic carbocycles. The Bertz CT molecular complexity index is 977. The number of aromatic hydroxyl groups is 1. The summed E-state index contributed by atoms with van der Waals surface area (Å²) in [5, 5.41) is 10.1. The maximum atomic E-state index is 13.3. The number of benzene rings is 2. The highest BCUT2D eigenvalue weighted by atomic mass is 19.1. The second-order valence-electron chi connectivity index (χ2n) is 5.11. The fraction of sp³-hybridized carbons (Fsp3) is 0.118. The molecule has 116 valence electrons. The van der Waals surface area contributed by atoms with Crippen molar-refractivity contribution in [2.45, 2.75) is 0 Å². The van der Waals surface area contributed by atoms with Crippen LogP contribution in [0.2, 0.25) is 0 Å². The standard InChI is InChI=1S/C17H11FO5/c18-10-2-4-12-11(8-10)15(19)16(20)17(23-12)9-1-3-13-14(7-9)22-6-5-21-13/h1-4,7-8,20H,5-6H2. The smallest absolute Gasteiger partial charge is 0.235 e. The van der Waals surface area contributed by atoms with Crippen LogP contribution in [0.25, 0.3) is 22.3 Å². The topological polar surface area (TPSA) is 68.9 Å². The van der Waals surface area contributed by atoms with E-state index >= 15 is 0 Å². The minimum Gasteiger partial charge on any atom is -0.502 e. The van der Waals surface area contributed by atoms with Crippen molar-refractivity contribution in [2.24, 2.45) is 0 Å². The molecule has 5 nitrogen and oxygen atoms in total. The van der Waals surface area contributed by atoms with E-state index in [-0.39, 0.29) is 16.7 Å². The van der Waals surface area contributed by atoms with Gasteiger partial charge in [0, 0.05) is 5.56 Å². The van der Waals surface area contributed by atoms with Crippen molar-refractivity contribution in [3.63, 3.8) is 0 Å². The molecule has 0 bridgehead atoms. The summed E-state index contributed by atoms with van der Waals surface area (Å²) in [6, 6.07) is 8.54. The normalized spacial score (nSPS) is 13.3. The zero-order valence-corrected chi connectivity index (χ0v) is 11.8. The third kappa shape index (κ3) is 2.19. The molecule has 0 saturated heterocycles. The van der Waals surface area contributed by atoms with Crippen LogP contribution in [0.15, 0.2) is 45.6 Å². The Morgan fingerprint density at radius 2 is 1.78 bits per heavy atom. The molecule has 1 aliphatic heterocycles. The van der Waals surface area contributed by atoms with Gasteiger partial charge < -0.3 is 19.0 Å². The molecule has 1 aromatic heterocycles. The van der Waals surface area contributed by atoms with Crippen LogP contribution < -0.4 is 14.9 Å². The first-order valence-electron chi connectivity index (χ1n) is 6.99. The van der Waals surface area contributed by atoms with Gasteiger partial charge in [0.2, 0.25) is 11.2 Å². The van der Waals surface area contributed by atoms with Crippen LogP contribution in [0.5, 0.6) is 17.2 Å². The van der Waals surface area contributed by atoms with Gasteiger partial charge >= 0.3 is 0 Å². The van der Waals surface area contributed by atoms with Gasteiger partial charge in [0.1, 0.15) is 24.6 Å². The molecule has 2 heterocycles. The molecular formula is C17H11FO5. The average Bonchev–Trinajstić information content (AvgIpc) is 2.58. The highest BCUT2D eigenvalue weighted by Crippen LogP contribution is 2.37. The van der Waals surface area contributed by atoms with Gasteiger partial charge in [0.15, 0.2) is 17.3 Å². The van der Waals surface area contributed by atoms with Gasteiger partial charge in [0.05, 0.1) is 5.39 Å². The molecule has 4 rings (SSSR count). The van der Waals surface area contributed by atoms with Crippen molar-refractivity contribution in [1.29, 1.82) is 0 Å². The van der Waals surface area contributed by atoms with Crippen LogP contribution in [0, 0.1) is 5.82 Å². The van der Waals surface area contributed by atoms with Crippen molar-refractivity contribution < 1.29 is 23.4 Å². The van der Waals surface area contributed by atoms with Gasteiger partial charge in [-0.3, -0.25) is 4.79 Å². The van der Waals surface area contributed by atoms with E-state index in [0.717, 1.165) is 6.07 Å². The van der Waals surface area contributed by atoms with Crippen molar-refractivity contribution in [2.75, 3.05) is 13.2 Å². The minimum atomic E-state index is -0.685. The second-order valence-corrected chi connectivity index (χ2v) is 5.11. The molecule has 0 fully saturated rings. The second kappa shape index (κ2) is 5.01. The van der Waals surface area contributed by atoms with Gasteiger partial charge in [-0.1, -0.05) is 0 Å². The summed E-state index contributed by atoms with van der Waals surface area (Å²) in [7, 11) is 0. The van der Waals surface area contributed by atoms with Crippen LogP contribution in [0.4, 0.5) is 4.39 Å². The molecule has 0 amide bonds. The Morgan fingerprint density at radius 3 is 2.61 bits per heavy atom. The zero-order chi connectivity index (χ0) is 16.0. The molecule has 2 aromatic carbocycles. The van der Waals surface area contributed by atoms with E-state index in [1.165, 1.54) is 12.1 Å². The van der Waals surface area contributed by atoms with Gasteiger partial charge in [-0.15, -0.1) is 0 Å². The zero-order valence-electron chi connectivity index (χ0n) is 11.8. The number of hydrogen-bond acceptors (Lipinski definition) is 5. The quantitative estimate of drug-likeness (QED) is 0.747. The van der Waals surface area contributed by atoms with E-state index in [9.17, 15) is 14.3 Å². The van der Waals surface area contributed by atoms with E-state index in [0.29, 0.717) is 30.3 Å². The summed E-state index contributed by atoms with van der Waals surface area (Å²) in [6.07, 6.45) is 0. The lowest BCUT2D eigenvalue weighted by Gasteiger charge is -2.18. The molecule has 23 heavy (non-hydrogen) atoms. The summed E-state index contributed by atoms with van der Waals surface area (Å²) in [5.41, 5.74) is -0.0233. The van der Waals surface area contributed by atoms with E-state index in [1.807, 2.05) is 0 Å². The Balaban J connectivity index is 1.94. The maximum Gasteiger partial charge on any atom is 0.235 e. The first kappa shape index (κ1) is 13.6. The number of fused-ring (bicyclic) bond motifs is 2. The lowest BCUT2D eigenvalue weighted by Crippen LogP contribution is -2.15. The third-order valence-electron chi connectivity index (χ3n) is 3.63. The van der Waals surface area contributed by atoms with Crippen molar-refractivity contribution >= 4 is 11.0 Å². The summed E-state index contributed by atoms with van der Waals surface area (Å²) in [4.78, 5) is 12.2. The summed E-state index contributed by atoms with van der Waals surface area (Å²) < 4.78 is 29.8. The van der Waals surface area contributed by atoms with Crippen molar-refractivity contribution in [1.82, 2.24) is 0 Å². The van der Waals surface area contributed by atoms with Gasteiger partial charge in [-0.25, -0.2) is 4.39 Å². The van der Waals surface area contributed by atoms with E-state index in [1.54, 1.807) is 18.2 Å². The molecular weight excluding hydrogens is 303 g/mol. The number of halogens is 1. The average molecular weight is 314 g/mol. The molecule has 0 atom stereocenters. The van der Waals surface area contributed by atoms with Crippen LogP contribution in [-0.4, -0.2) is 18.3 Å². The minimum absolute atomic E-state index is 0.00563. The molecule has 3 aromatic rings. The predicted molar refractivity (Wildman–Crippen MR) is 80.5 cm³/mol. The fourth-order valence-electron chi connectivity index (χ4n) is 2.54. The molecule has 6 heteroatoms.